The van der Waals surface area contributed by atoms with Crippen molar-refractivity contribution >= 4 is 11.5 Å². The molecule has 1 aromatic rings. The predicted octanol–water partition coefficient (Wildman–Crippen LogP) is 3.77. The van der Waals surface area contributed by atoms with Crippen molar-refractivity contribution in [2.24, 2.45) is 5.92 Å². The Labute approximate surface area is 104 Å². The molecule has 0 aliphatic rings. The van der Waals surface area contributed by atoms with Crippen LogP contribution in [-0.4, -0.2) is 12.0 Å². The molecule has 0 saturated heterocycles. The lowest BCUT2D eigenvalue weighted by molar-refractivity contribution is -0.165. The van der Waals surface area contributed by atoms with Crippen LogP contribution in [0.25, 0.3) is 0 Å². The minimum atomic E-state index is -4.83. The molecule has 1 N–H and O–H groups in total. The van der Waals surface area contributed by atoms with Gasteiger partial charge in [0.15, 0.2) is 0 Å². The van der Waals surface area contributed by atoms with Crippen LogP contribution in [0.5, 0.6) is 0 Å². The highest BCUT2D eigenvalue weighted by atomic mass is 19.4. The third-order valence-corrected chi connectivity index (χ3v) is 2.25. The number of rotatable bonds is 4. The van der Waals surface area contributed by atoms with Gasteiger partial charge in [-0.15, -0.1) is 0 Å². The second-order valence-electron chi connectivity index (χ2n) is 4.11. The molecular formula is C13H14F3NO. The molecule has 98 valence electrons. The van der Waals surface area contributed by atoms with E-state index >= 15 is 0 Å². The van der Waals surface area contributed by atoms with Gasteiger partial charge in [0.2, 0.25) is 0 Å². The van der Waals surface area contributed by atoms with Gasteiger partial charge in [-0.2, -0.15) is 13.2 Å². The molecule has 0 bridgehead atoms. The van der Waals surface area contributed by atoms with E-state index in [-0.39, 0.29) is 11.6 Å². The molecule has 0 aliphatic heterocycles. The second-order valence-corrected chi connectivity index (χ2v) is 4.11. The Hall–Kier alpha value is -1.78. The Morgan fingerprint density at radius 1 is 1.22 bits per heavy atom. The molecule has 0 heterocycles. The fourth-order valence-electron chi connectivity index (χ4n) is 1.26. The molecule has 0 atom stereocenters. The number of hydrogen-bond donors (Lipinski definition) is 1. The maximum absolute atomic E-state index is 12.2. The van der Waals surface area contributed by atoms with E-state index in [4.69, 9.17) is 0 Å². The first-order chi connectivity index (χ1) is 8.30. The Bertz CT molecular complexity index is 435. The van der Waals surface area contributed by atoms with Gasteiger partial charge in [-0.3, -0.25) is 4.79 Å². The number of para-hydroxylation sites is 1. The van der Waals surface area contributed by atoms with Gasteiger partial charge in [0, 0.05) is 17.5 Å². The van der Waals surface area contributed by atoms with E-state index in [1.165, 1.54) is 0 Å². The maximum Gasteiger partial charge on any atom is 0.454 e. The molecule has 1 aromatic carbocycles. The van der Waals surface area contributed by atoms with E-state index < -0.39 is 12.0 Å². The maximum atomic E-state index is 12.2. The van der Waals surface area contributed by atoms with Gasteiger partial charge in [-0.25, -0.2) is 0 Å². The van der Waals surface area contributed by atoms with Crippen LogP contribution in [0, 0.1) is 5.92 Å². The predicted molar refractivity (Wildman–Crippen MR) is 64.0 cm³/mol. The van der Waals surface area contributed by atoms with Crippen LogP contribution in [0.2, 0.25) is 0 Å². The number of carbonyl (C=O) groups excluding carboxylic acids is 1. The van der Waals surface area contributed by atoms with Crippen molar-refractivity contribution in [2.75, 3.05) is 5.32 Å². The molecule has 18 heavy (non-hydrogen) atoms. The summed E-state index contributed by atoms with van der Waals surface area (Å²) in [6.45, 7) is 3.43. The van der Waals surface area contributed by atoms with Crippen LogP contribution in [-0.2, 0) is 4.79 Å². The zero-order valence-electron chi connectivity index (χ0n) is 10.1. The summed E-state index contributed by atoms with van der Waals surface area (Å²) in [6, 6.07) is 8.74. The van der Waals surface area contributed by atoms with Crippen LogP contribution in [0.1, 0.15) is 13.8 Å². The van der Waals surface area contributed by atoms with E-state index in [2.05, 4.69) is 5.32 Å². The molecule has 1 rings (SSSR count). The van der Waals surface area contributed by atoms with Crippen LogP contribution in [0.3, 0.4) is 0 Å². The van der Waals surface area contributed by atoms with E-state index in [0.29, 0.717) is 11.8 Å². The van der Waals surface area contributed by atoms with E-state index in [9.17, 15) is 18.0 Å². The highest BCUT2D eigenvalue weighted by Gasteiger charge is 2.36. The van der Waals surface area contributed by atoms with Crippen LogP contribution in [0.4, 0.5) is 18.9 Å². The SMILES string of the molecule is CC(C)/C(=C\C(=O)C(F)(F)F)Nc1ccccc1. The number of anilines is 1. The molecule has 0 aliphatic carbocycles. The molecule has 0 saturated carbocycles. The summed E-state index contributed by atoms with van der Waals surface area (Å²) >= 11 is 0. The average Bonchev–Trinajstić information content (AvgIpc) is 2.28. The molecule has 0 unspecified atom stereocenters. The summed E-state index contributed by atoms with van der Waals surface area (Å²) in [7, 11) is 0. The second kappa shape index (κ2) is 5.71. The van der Waals surface area contributed by atoms with Crippen LogP contribution in [0.15, 0.2) is 42.1 Å². The normalized spacial score (nSPS) is 12.7. The van der Waals surface area contributed by atoms with Gasteiger partial charge >= 0.3 is 6.18 Å². The highest BCUT2D eigenvalue weighted by molar-refractivity contribution is 5.95. The minimum absolute atomic E-state index is 0.212. The largest absolute Gasteiger partial charge is 0.454 e. The Kier molecular flexibility index (Phi) is 4.53. The summed E-state index contributed by atoms with van der Waals surface area (Å²) < 4.78 is 36.6. The van der Waals surface area contributed by atoms with E-state index in [1.54, 1.807) is 44.2 Å². The van der Waals surface area contributed by atoms with Gasteiger partial charge < -0.3 is 5.32 Å². The van der Waals surface area contributed by atoms with Crippen molar-refractivity contribution in [3.63, 3.8) is 0 Å². The van der Waals surface area contributed by atoms with Crippen molar-refractivity contribution in [3.05, 3.63) is 42.1 Å². The number of nitrogens with one attached hydrogen (secondary N) is 1. The summed E-state index contributed by atoms with van der Waals surface area (Å²) in [4.78, 5) is 10.9. The average molecular weight is 257 g/mol. The van der Waals surface area contributed by atoms with Gasteiger partial charge in [0.05, 0.1) is 0 Å². The quantitative estimate of drug-likeness (QED) is 0.832. The molecular weight excluding hydrogens is 243 g/mol. The zero-order valence-corrected chi connectivity index (χ0v) is 10.1. The molecule has 0 amide bonds. The van der Waals surface area contributed by atoms with E-state index in [0.717, 1.165) is 0 Å². The third kappa shape index (κ3) is 4.24. The lowest BCUT2D eigenvalue weighted by Crippen LogP contribution is -2.22. The molecule has 0 fully saturated rings. The Morgan fingerprint density at radius 2 is 1.78 bits per heavy atom. The highest BCUT2D eigenvalue weighted by Crippen LogP contribution is 2.21. The smallest absolute Gasteiger partial charge is 0.359 e. The molecule has 0 aromatic heterocycles. The number of allylic oxidation sites excluding steroid dienone is 2. The topological polar surface area (TPSA) is 29.1 Å². The fraction of sp³-hybridized carbons (Fsp3) is 0.308. The van der Waals surface area contributed by atoms with Gasteiger partial charge in [0.25, 0.3) is 5.78 Å². The number of ketones is 1. The molecule has 5 heteroatoms. The van der Waals surface area contributed by atoms with Crippen molar-refractivity contribution in [3.8, 4) is 0 Å². The number of hydrogen-bond acceptors (Lipinski definition) is 2. The van der Waals surface area contributed by atoms with Gasteiger partial charge in [0.1, 0.15) is 0 Å². The fourth-order valence-corrected chi connectivity index (χ4v) is 1.26. The molecule has 2 nitrogen and oxygen atoms in total. The Morgan fingerprint density at radius 3 is 2.22 bits per heavy atom. The third-order valence-electron chi connectivity index (χ3n) is 2.25. The summed E-state index contributed by atoms with van der Waals surface area (Å²) in [6.07, 6.45) is -4.23. The summed E-state index contributed by atoms with van der Waals surface area (Å²) in [5.74, 6) is -2.06. The standard InChI is InChI=1S/C13H14F3NO/c1-9(2)11(8-12(18)13(14,15)16)17-10-6-4-3-5-7-10/h3-9,17H,1-2H3/b11-8+. The lowest BCUT2D eigenvalue weighted by atomic mass is 10.1. The first-order valence-corrected chi connectivity index (χ1v) is 5.45. The molecule has 0 spiro atoms. The summed E-state index contributed by atoms with van der Waals surface area (Å²) in [5.41, 5.74) is 0.885. The number of benzene rings is 1. The number of halogens is 3. The van der Waals surface area contributed by atoms with Crippen LogP contribution >= 0.6 is 0 Å². The first-order valence-electron chi connectivity index (χ1n) is 5.45. The van der Waals surface area contributed by atoms with Crippen LogP contribution < -0.4 is 5.32 Å². The van der Waals surface area contributed by atoms with Crippen molar-refractivity contribution in [2.45, 2.75) is 20.0 Å². The van der Waals surface area contributed by atoms with Crippen molar-refractivity contribution in [1.82, 2.24) is 0 Å². The lowest BCUT2D eigenvalue weighted by Gasteiger charge is -2.14. The summed E-state index contributed by atoms with van der Waals surface area (Å²) in [5, 5.41) is 2.82. The van der Waals surface area contributed by atoms with Crippen molar-refractivity contribution < 1.29 is 18.0 Å². The van der Waals surface area contributed by atoms with Gasteiger partial charge in [-0.05, 0) is 18.1 Å². The first kappa shape index (κ1) is 14.3. The Balaban J connectivity index is 2.91. The molecule has 0 radical (unpaired) electrons. The monoisotopic (exact) mass is 257 g/mol. The van der Waals surface area contributed by atoms with Crippen molar-refractivity contribution in [1.29, 1.82) is 0 Å². The zero-order chi connectivity index (χ0) is 13.8. The minimum Gasteiger partial charge on any atom is -0.359 e. The number of alkyl halides is 3. The van der Waals surface area contributed by atoms with Gasteiger partial charge in [-0.1, -0.05) is 32.0 Å². The van der Waals surface area contributed by atoms with E-state index in [1.807, 2.05) is 0 Å². The number of carbonyl (C=O) groups is 1.